The summed E-state index contributed by atoms with van der Waals surface area (Å²) in [5.41, 5.74) is 0. The summed E-state index contributed by atoms with van der Waals surface area (Å²) in [5, 5.41) is 0. The van der Waals surface area contributed by atoms with Crippen LogP contribution in [-0.4, -0.2) is 12.2 Å². The van der Waals surface area contributed by atoms with E-state index in [-0.39, 0.29) is 0 Å². The molecule has 0 N–H and O–H groups in total. The van der Waals surface area contributed by atoms with Crippen LogP contribution in [0.25, 0.3) is 0 Å². The van der Waals surface area contributed by atoms with E-state index < -0.39 is 0 Å². The molecular weight excluding hydrogens is 136 g/mol. The fourth-order valence-electron chi connectivity index (χ4n) is 3.43. The molecule has 2 saturated heterocycles. The van der Waals surface area contributed by atoms with E-state index in [4.69, 9.17) is 4.74 Å². The van der Waals surface area contributed by atoms with Gasteiger partial charge in [-0.05, 0) is 43.4 Å². The van der Waals surface area contributed by atoms with Crippen molar-refractivity contribution in [1.82, 2.24) is 0 Å². The van der Waals surface area contributed by atoms with Crippen LogP contribution in [0.1, 0.15) is 32.6 Å². The molecule has 2 aliphatic heterocycles. The Bertz CT molecular complexity index is 148. The standard InChI is InChI=1S/C10H16O/c1-6-8-2-7-3-9(5-8)11-10(6)4-7/h6-10H,2-5H2,1H3. The minimum Gasteiger partial charge on any atom is -0.375 e. The van der Waals surface area contributed by atoms with Gasteiger partial charge in [-0.3, -0.25) is 0 Å². The van der Waals surface area contributed by atoms with Crippen molar-refractivity contribution in [2.24, 2.45) is 17.8 Å². The van der Waals surface area contributed by atoms with Crippen molar-refractivity contribution in [2.45, 2.75) is 44.8 Å². The normalized spacial score (nSPS) is 60.3. The summed E-state index contributed by atoms with van der Waals surface area (Å²) in [6.07, 6.45) is 6.93. The van der Waals surface area contributed by atoms with Gasteiger partial charge in [0.25, 0.3) is 0 Å². The first kappa shape index (κ1) is 6.47. The maximum atomic E-state index is 5.94. The lowest BCUT2D eigenvalue weighted by atomic mass is 9.63. The van der Waals surface area contributed by atoms with Gasteiger partial charge < -0.3 is 4.74 Å². The van der Waals surface area contributed by atoms with Crippen LogP contribution in [0.15, 0.2) is 0 Å². The molecule has 2 saturated carbocycles. The average Bonchev–Trinajstić information content (AvgIpc) is 1.98. The molecule has 4 fully saturated rings. The van der Waals surface area contributed by atoms with Gasteiger partial charge in [0.05, 0.1) is 12.2 Å². The zero-order valence-corrected chi connectivity index (χ0v) is 7.12. The summed E-state index contributed by atoms with van der Waals surface area (Å²) < 4.78 is 5.94. The third-order valence-corrected chi connectivity index (χ3v) is 4.06. The van der Waals surface area contributed by atoms with Gasteiger partial charge in [-0.25, -0.2) is 0 Å². The van der Waals surface area contributed by atoms with Gasteiger partial charge in [0.1, 0.15) is 0 Å². The second-order valence-electron chi connectivity index (χ2n) is 4.72. The number of ether oxygens (including phenoxy) is 1. The summed E-state index contributed by atoms with van der Waals surface area (Å²) in [6.45, 7) is 2.38. The fourth-order valence-corrected chi connectivity index (χ4v) is 3.43. The molecule has 1 heteroatoms. The highest BCUT2D eigenvalue weighted by Gasteiger charge is 2.47. The van der Waals surface area contributed by atoms with Gasteiger partial charge in [-0.15, -0.1) is 0 Å². The molecule has 4 rings (SSSR count). The zero-order chi connectivity index (χ0) is 7.42. The maximum absolute atomic E-state index is 5.94. The molecule has 0 aromatic heterocycles. The lowest BCUT2D eigenvalue weighted by Crippen LogP contribution is -2.51. The first-order chi connectivity index (χ1) is 5.33. The first-order valence-corrected chi connectivity index (χ1v) is 4.98. The van der Waals surface area contributed by atoms with Gasteiger partial charge in [-0.2, -0.15) is 0 Å². The molecule has 0 aromatic rings. The van der Waals surface area contributed by atoms with Gasteiger partial charge in [0.2, 0.25) is 0 Å². The molecule has 0 radical (unpaired) electrons. The molecule has 0 spiro atoms. The molecule has 1 nitrogen and oxygen atoms in total. The highest BCUT2D eigenvalue weighted by atomic mass is 16.5. The molecule has 5 atom stereocenters. The molecule has 4 aliphatic rings. The zero-order valence-electron chi connectivity index (χ0n) is 7.12. The summed E-state index contributed by atoms with van der Waals surface area (Å²) in [5.74, 6) is 2.92. The Hall–Kier alpha value is -0.0400. The van der Waals surface area contributed by atoms with Crippen LogP contribution >= 0.6 is 0 Å². The Morgan fingerprint density at radius 2 is 2.00 bits per heavy atom. The molecule has 11 heavy (non-hydrogen) atoms. The van der Waals surface area contributed by atoms with E-state index in [0.717, 1.165) is 17.8 Å². The molecular formula is C10H16O. The molecule has 5 unspecified atom stereocenters. The second-order valence-corrected chi connectivity index (χ2v) is 4.72. The van der Waals surface area contributed by atoms with Gasteiger partial charge in [0.15, 0.2) is 0 Å². The highest BCUT2D eigenvalue weighted by Crippen LogP contribution is 2.50. The van der Waals surface area contributed by atoms with Crippen LogP contribution in [0.3, 0.4) is 0 Å². The number of hydrogen-bond donors (Lipinski definition) is 0. The fraction of sp³-hybridized carbons (Fsp3) is 1.00. The van der Waals surface area contributed by atoms with E-state index in [0.29, 0.717) is 12.2 Å². The maximum Gasteiger partial charge on any atom is 0.0609 e. The van der Waals surface area contributed by atoms with Crippen LogP contribution in [0.5, 0.6) is 0 Å². The van der Waals surface area contributed by atoms with E-state index in [1.165, 1.54) is 25.7 Å². The predicted octanol–water partition coefficient (Wildman–Crippen LogP) is 2.21. The quantitative estimate of drug-likeness (QED) is 0.517. The van der Waals surface area contributed by atoms with E-state index >= 15 is 0 Å². The summed E-state index contributed by atoms with van der Waals surface area (Å²) in [7, 11) is 0. The predicted molar refractivity (Wildman–Crippen MR) is 43.3 cm³/mol. The Morgan fingerprint density at radius 1 is 1.09 bits per heavy atom. The third-order valence-electron chi connectivity index (χ3n) is 4.06. The third kappa shape index (κ3) is 0.807. The molecule has 0 amide bonds. The Balaban J connectivity index is 1.91. The monoisotopic (exact) mass is 152 g/mol. The minimum atomic E-state index is 0.645. The van der Waals surface area contributed by atoms with E-state index in [9.17, 15) is 0 Å². The number of rotatable bonds is 0. The van der Waals surface area contributed by atoms with Crippen LogP contribution in [0, 0.1) is 17.8 Å². The topological polar surface area (TPSA) is 9.23 Å². The van der Waals surface area contributed by atoms with Crippen molar-refractivity contribution in [2.75, 3.05) is 0 Å². The van der Waals surface area contributed by atoms with Gasteiger partial charge in [0, 0.05) is 0 Å². The van der Waals surface area contributed by atoms with Crippen molar-refractivity contribution in [1.29, 1.82) is 0 Å². The second kappa shape index (κ2) is 2.01. The van der Waals surface area contributed by atoms with E-state index in [2.05, 4.69) is 6.92 Å². The molecule has 62 valence electrons. The van der Waals surface area contributed by atoms with Crippen molar-refractivity contribution in [3.05, 3.63) is 0 Å². The Labute approximate surface area is 68.1 Å². The van der Waals surface area contributed by atoms with Crippen molar-refractivity contribution in [3.8, 4) is 0 Å². The molecule has 4 bridgehead atoms. The van der Waals surface area contributed by atoms with Crippen molar-refractivity contribution < 1.29 is 4.74 Å². The van der Waals surface area contributed by atoms with Crippen LogP contribution in [0.4, 0.5) is 0 Å². The lowest BCUT2D eigenvalue weighted by molar-refractivity contribution is -0.184. The molecule has 0 aromatic carbocycles. The summed E-state index contributed by atoms with van der Waals surface area (Å²) in [4.78, 5) is 0. The van der Waals surface area contributed by atoms with Crippen LogP contribution in [0.2, 0.25) is 0 Å². The lowest BCUT2D eigenvalue weighted by Gasteiger charge is -2.53. The van der Waals surface area contributed by atoms with E-state index in [1.807, 2.05) is 0 Å². The largest absolute Gasteiger partial charge is 0.375 e. The summed E-state index contributed by atoms with van der Waals surface area (Å²) in [6, 6.07) is 0. The number of hydrogen-bond acceptors (Lipinski definition) is 1. The van der Waals surface area contributed by atoms with Gasteiger partial charge in [-0.1, -0.05) is 6.92 Å². The van der Waals surface area contributed by atoms with Gasteiger partial charge >= 0.3 is 0 Å². The van der Waals surface area contributed by atoms with Crippen molar-refractivity contribution >= 4 is 0 Å². The average molecular weight is 152 g/mol. The smallest absolute Gasteiger partial charge is 0.0609 e. The van der Waals surface area contributed by atoms with E-state index in [1.54, 1.807) is 0 Å². The van der Waals surface area contributed by atoms with Crippen LogP contribution < -0.4 is 0 Å². The molecule has 2 aliphatic carbocycles. The Morgan fingerprint density at radius 3 is 2.73 bits per heavy atom. The minimum absolute atomic E-state index is 0.645. The summed E-state index contributed by atoms with van der Waals surface area (Å²) >= 11 is 0. The van der Waals surface area contributed by atoms with Crippen molar-refractivity contribution in [3.63, 3.8) is 0 Å². The molecule has 2 heterocycles. The SMILES string of the molecule is CC1C2CC3CC(C2)OC1C3. The highest BCUT2D eigenvalue weighted by molar-refractivity contribution is 4.96. The Kier molecular flexibility index (Phi) is 1.18. The first-order valence-electron chi connectivity index (χ1n) is 4.98. The van der Waals surface area contributed by atoms with Crippen LogP contribution in [-0.2, 0) is 4.74 Å².